The molecule has 7 nitrogen and oxygen atoms in total. The van der Waals surface area contributed by atoms with Crippen molar-refractivity contribution in [3.05, 3.63) is 29.8 Å². The minimum Gasteiger partial charge on any atom is -0.367 e. The lowest BCUT2D eigenvalue weighted by Gasteiger charge is -2.34. The van der Waals surface area contributed by atoms with E-state index in [9.17, 15) is 14.4 Å². The van der Waals surface area contributed by atoms with E-state index < -0.39 is 12.0 Å². The molecule has 1 aliphatic rings. The second-order valence-electron chi connectivity index (χ2n) is 5.72. The summed E-state index contributed by atoms with van der Waals surface area (Å²) >= 11 is 0. The molecule has 0 unspecified atom stereocenters. The number of nitrogens with one attached hydrogen (secondary N) is 1. The van der Waals surface area contributed by atoms with Crippen LogP contribution < -0.4 is 11.1 Å². The normalized spacial score (nSPS) is 21.7. The topological polar surface area (TPSA) is 102 Å². The Labute approximate surface area is 134 Å². The maximum atomic E-state index is 12.2. The first-order valence-corrected chi connectivity index (χ1v) is 7.43. The van der Waals surface area contributed by atoms with Crippen LogP contribution >= 0.6 is 0 Å². The van der Waals surface area contributed by atoms with Crippen LogP contribution in [0.1, 0.15) is 24.2 Å². The summed E-state index contributed by atoms with van der Waals surface area (Å²) in [6.07, 6.45) is -0.873. The lowest BCUT2D eigenvalue weighted by atomic mass is 10.1. The molecule has 1 aliphatic heterocycles. The monoisotopic (exact) mass is 319 g/mol. The second kappa shape index (κ2) is 7.34. The van der Waals surface area contributed by atoms with Crippen molar-refractivity contribution in [1.82, 2.24) is 4.90 Å². The number of anilines is 1. The van der Waals surface area contributed by atoms with Gasteiger partial charge in [-0.05, 0) is 26.0 Å². The number of carbonyl (C=O) groups is 3. The lowest BCUT2D eigenvalue weighted by molar-refractivity contribution is -0.144. The molecule has 1 heterocycles. The highest BCUT2D eigenvalue weighted by Gasteiger charge is 2.29. The summed E-state index contributed by atoms with van der Waals surface area (Å²) in [4.78, 5) is 36.6. The summed E-state index contributed by atoms with van der Waals surface area (Å²) in [6, 6.07) is 6.76. The van der Waals surface area contributed by atoms with Crippen LogP contribution in [0.2, 0.25) is 0 Å². The fourth-order valence-corrected chi connectivity index (χ4v) is 2.54. The van der Waals surface area contributed by atoms with Crippen molar-refractivity contribution in [2.75, 3.05) is 25.0 Å². The molecule has 1 saturated heterocycles. The van der Waals surface area contributed by atoms with Gasteiger partial charge in [0.05, 0.1) is 12.6 Å². The highest BCUT2D eigenvalue weighted by Crippen LogP contribution is 2.13. The molecule has 0 radical (unpaired) electrons. The van der Waals surface area contributed by atoms with Gasteiger partial charge in [0.2, 0.25) is 11.8 Å². The van der Waals surface area contributed by atoms with Gasteiger partial charge in [-0.3, -0.25) is 19.3 Å². The van der Waals surface area contributed by atoms with Crippen LogP contribution in [0, 0.1) is 0 Å². The van der Waals surface area contributed by atoms with Crippen molar-refractivity contribution in [1.29, 1.82) is 0 Å². The smallest absolute Gasteiger partial charge is 0.247 e. The molecule has 2 amide bonds. The molecule has 1 aromatic carbocycles. The van der Waals surface area contributed by atoms with E-state index in [1.807, 2.05) is 11.8 Å². The second-order valence-corrected chi connectivity index (χ2v) is 5.72. The Balaban J connectivity index is 1.95. The Morgan fingerprint density at radius 3 is 2.74 bits per heavy atom. The largest absolute Gasteiger partial charge is 0.367 e. The Bertz CT molecular complexity index is 617. The van der Waals surface area contributed by atoms with Crippen LogP contribution in [0.5, 0.6) is 0 Å². The number of nitrogens with two attached hydrogens (primary N) is 1. The molecule has 0 bridgehead atoms. The molecule has 0 saturated carbocycles. The quantitative estimate of drug-likeness (QED) is 0.765. The van der Waals surface area contributed by atoms with Crippen molar-refractivity contribution in [3.63, 3.8) is 0 Å². The molecule has 23 heavy (non-hydrogen) atoms. The van der Waals surface area contributed by atoms with Gasteiger partial charge in [0, 0.05) is 24.3 Å². The van der Waals surface area contributed by atoms with Crippen LogP contribution in [0.4, 0.5) is 5.69 Å². The highest BCUT2D eigenvalue weighted by atomic mass is 16.5. The number of hydrogen-bond donors (Lipinski definition) is 2. The summed E-state index contributed by atoms with van der Waals surface area (Å²) in [5, 5.41) is 2.75. The van der Waals surface area contributed by atoms with Crippen molar-refractivity contribution in [2.24, 2.45) is 5.73 Å². The minimum atomic E-state index is -0.701. The molecule has 2 rings (SSSR count). The van der Waals surface area contributed by atoms with Gasteiger partial charge in [-0.2, -0.15) is 0 Å². The van der Waals surface area contributed by atoms with Gasteiger partial charge in [0.25, 0.3) is 0 Å². The van der Waals surface area contributed by atoms with Gasteiger partial charge in [0.1, 0.15) is 6.10 Å². The van der Waals surface area contributed by atoms with Gasteiger partial charge in [0.15, 0.2) is 5.78 Å². The Morgan fingerprint density at radius 1 is 1.35 bits per heavy atom. The molecular weight excluding hydrogens is 298 g/mol. The molecule has 1 aromatic rings. The zero-order valence-corrected chi connectivity index (χ0v) is 13.2. The number of rotatable bonds is 5. The standard InChI is InChI=1S/C16H21N3O4/c1-10-7-19(8-14(23-10)16(17)22)9-15(21)18-13-5-3-4-12(6-13)11(2)20/h3-6,10,14H,7-9H2,1-2H3,(H2,17,22)(H,18,21)/t10-,14+/m1/s1. The molecule has 0 aliphatic carbocycles. The van der Waals surface area contributed by atoms with E-state index >= 15 is 0 Å². The third-order valence-corrected chi connectivity index (χ3v) is 3.57. The van der Waals surface area contributed by atoms with E-state index in [-0.39, 0.29) is 24.3 Å². The van der Waals surface area contributed by atoms with Crippen LogP contribution in [-0.2, 0) is 14.3 Å². The number of ether oxygens (including phenoxy) is 1. The molecule has 7 heteroatoms. The van der Waals surface area contributed by atoms with Crippen molar-refractivity contribution < 1.29 is 19.1 Å². The zero-order chi connectivity index (χ0) is 17.0. The molecule has 1 fully saturated rings. The lowest BCUT2D eigenvalue weighted by Crippen LogP contribution is -2.53. The molecule has 124 valence electrons. The Kier molecular flexibility index (Phi) is 5.46. The Hall–Kier alpha value is -2.25. The van der Waals surface area contributed by atoms with Crippen LogP contribution in [0.3, 0.4) is 0 Å². The van der Waals surface area contributed by atoms with Crippen molar-refractivity contribution in [2.45, 2.75) is 26.1 Å². The van der Waals surface area contributed by atoms with Crippen LogP contribution in [0.25, 0.3) is 0 Å². The summed E-state index contributed by atoms with van der Waals surface area (Å²) in [7, 11) is 0. The molecule has 2 atom stereocenters. The van der Waals surface area contributed by atoms with E-state index in [1.54, 1.807) is 24.3 Å². The first-order chi connectivity index (χ1) is 10.8. The fraction of sp³-hybridized carbons (Fsp3) is 0.438. The van der Waals surface area contributed by atoms with Crippen molar-refractivity contribution in [3.8, 4) is 0 Å². The molecule has 3 N–H and O–H groups in total. The SMILES string of the molecule is CC(=O)c1cccc(NC(=O)CN2C[C@@H](C)O[C@H](C(N)=O)C2)c1. The van der Waals surface area contributed by atoms with E-state index in [1.165, 1.54) is 6.92 Å². The first kappa shape index (κ1) is 17.1. The fourth-order valence-electron chi connectivity index (χ4n) is 2.54. The summed E-state index contributed by atoms with van der Waals surface area (Å²) < 4.78 is 5.43. The van der Waals surface area contributed by atoms with Gasteiger partial charge < -0.3 is 15.8 Å². The predicted molar refractivity (Wildman–Crippen MR) is 85.0 cm³/mol. The number of ketones is 1. The summed E-state index contributed by atoms with van der Waals surface area (Å²) in [5.41, 5.74) is 6.37. The van der Waals surface area contributed by atoms with Crippen LogP contribution in [0.15, 0.2) is 24.3 Å². The van der Waals surface area contributed by atoms with Gasteiger partial charge >= 0.3 is 0 Å². The summed E-state index contributed by atoms with van der Waals surface area (Å²) in [5.74, 6) is -0.813. The number of Topliss-reactive ketones (excluding diaryl/α,β-unsaturated/α-hetero) is 1. The maximum absolute atomic E-state index is 12.2. The third kappa shape index (κ3) is 4.87. The van der Waals surface area contributed by atoms with E-state index in [2.05, 4.69) is 5.32 Å². The third-order valence-electron chi connectivity index (χ3n) is 3.57. The zero-order valence-electron chi connectivity index (χ0n) is 13.2. The van der Waals surface area contributed by atoms with E-state index in [0.29, 0.717) is 24.3 Å². The number of amides is 2. The van der Waals surface area contributed by atoms with Gasteiger partial charge in [-0.25, -0.2) is 0 Å². The van der Waals surface area contributed by atoms with Crippen molar-refractivity contribution >= 4 is 23.3 Å². The van der Waals surface area contributed by atoms with Gasteiger partial charge in [-0.1, -0.05) is 12.1 Å². The summed E-state index contributed by atoms with van der Waals surface area (Å²) in [6.45, 7) is 4.27. The average molecular weight is 319 g/mol. The molecular formula is C16H21N3O4. The number of carbonyl (C=O) groups excluding carboxylic acids is 3. The number of primary amides is 1. The van der Waals surface area contributed by atoms with E-state index in [4.69, 9.17) is 10.5 Å². The first-order valence-electron chi connectivity index (χ1n) is 7.43. The number of benzene rings is 1. The molecule has 0 spiro atoms. The van der Waals surface area contributed by atoms with Gasteiger partial charge in [-0.15, -0.1) is 0 Å². The average Bonchev–Trinajstić information content (AvgIpc) is 2.46. The highest BCUT2D eigenvalue weighted by molar-refractivity contribution is 5.97. The van der Waals surface area contributed by atoms with Crippen LogP contribution in [-0.4, -0.2) is 54.3 Å². The molecule has 0 aromatic heterocycles. The minimum absolute atomic E-state index is 0.0626. The Morgan fingerprint density at radius 2 is 2.09 bits per heavy atom. The number of nitrogens with zero attached hydrogens (tertiary/aromatic N) is 1. The number of morpholine rings is 1. The maximum Gasteiger partial charge on any atom is 0.247 e. The predicted octanol–water partition coefficient (Wildman–Crippen LogP) is 0.402. The van der Waals surface area contributed by atoms with E-state index in [0.717, 1.165) is 0 Å². The number of hydrogen-bond acceptors (Lipinski definition) is 5.